The maximum absolute atomic E-state index is 13.1. The molecule has 2 aromatic rings. The van der Waals surface area contributed by atoms with Gasteiger partial charge in [0.25, 0.3) is 0 Å². The van der Waals surface area contributed by atoms with Crippen LogP contribution in [-0.4, -0.2) is 0 Å². The van der Waals surface area contributed by atoms with Crippen LogP contribution in [0.25, 0.3) is 0 Å². The van der Waals surface area contributed by atoms with E-state index in [4.69, 9.17) is 21.8 Å². The first-order valence-electron chi connectivity index (χ1n) is 5.00. The van der Waals surface area contributed by atoms with Gasteiger partial charge in [-0.1, -0.05) is 6.07 Å². The Hall–Kier alpha value is -0.840. The van der Waals surface area contributed by atoms with Crippen LogP contribution in [0.3, 0.4) is 0 Å². The van der Waals surface area contributed by atoms with Crippen LogP contribution in [-0.2, 0) is 6.42 Å². The van der Waals surface area contributed by atoms with Crippen LogP contribution >= 0.6 is 27.5 Å². The second kappa shape index (κ2) is 5.21. The van der Waals surface area contributed by atoms with Crippen LogP contribution in [0.15, 0.2) is 39.4 Å². The standard InChI is InChI=1S/C12H10BrClFNO/c13-9-5-7(1-2-10(9)15)6-11(16)8-3-4-17-12(8)14/h1-5,11H,6,16H2. The third-order valence-electron chi connectivity index (χ3n) is 2.49. The molecule has 0 aliphatic rings. The molecule has 1 unspecified atom stereocenters. The Labute approximate surface area is 112 Å². The summed E-state index contributed by atoms with van der Waals surface area (Å²) in [6.07, 6.45) is 2.07. The van der Waals surface area contributed by atoms with E-state index in [9.17, 15) is 4.39 Å². The van der Waals surface area contributed by atoms with Gasteiger partial charge in [-0.2, -0.15) is 0 Å². The van der Waals surface area contributed by atoms with E-state index in [0.717, 1.165) is 11.1 Å². The zero-order valence-electron chi connectivity index (χ0n) is 8.79. The van der Waals surface area contributed by atoms with Gasteiger partial charge in [0, 0.05) is 11.6 Å². The Bertz CT molecular complexity index is 529. The van der Waals surface area contributed by atoms with Crippen molar-refractivity contribution < 1.29 is 8.81 Å². The van der Waals surface area contributed by atoms with Gasteiger partial charge in [0.05, 0.1) is 10.7 Å². The topological polar surface area (TPSA) is 39.2 Å². The van der Waals surface area contributed by atoms with E-state index in [-0.39, 0.29) is 11.9 Å². The van der Waals surface area contributed by atoms with Crippen molar-refractivity contribution in [3.05, 3.63) is 57.2 Å². The van der Waals surface area contributed by atoms with Crippen LogP contribution in [0.2, 0.25) is 5.22 Å². The summed E-state index contributed by atoms with van der Waals surface area (Å²) in [6, 6.07) is 6.30. The number of benzene rings is 1. The van der Waals surface area contributed by atoms with Crippen LogP contribution in [0.5, 0.6) is 0 Å². The van der Waals surface area contributed by atoms with Gasteiger partial charge in [-0.05, 0) is 57.7 Å². The van der Waals surface area contributed by atoms with Gasteiger partial charge in [-0.25, -0.2) is 4.39 Å². The van der Waals surface area contributed by atoms with Gasteiger partial charge in [0.1, 0.15) is 5.82 Å². The lowest BCUT2D eigenvalue weighted by Gasteiger charge is -2.10. The fraction of sp³-hybridized carbons (Fsp3) is 0.167. The molecule has 90 valence electrons. The number of nitrogens with two attached hydrogens (primary N) is 1. The lowest BCUT2D eigenvalue weighted by atomic mass is 10.0. The average Bonchev–Trinajstić information content (AvgIpc) is 2.70. The Morgan fingerprint density at radius 3 is 2.76 bits per heavy atom. The molecule has 0 amide bonds. The Balaban J connectivity index is 2.16. The highest BCUT2D eigenvalue weighted by molar-refractivity contribution is 9.10. The number of furan rings is 1. The van der Waals surface area contributed by atoms with Crippen LogP contribution < -0.4 is 5.73 Å². The van der Waals surface area contributed by atoms with Crippen molar-refractivity contribution in [3.8, 4) is 0 Å². The van der Waals surface area contributed by atoms with E-state index in [0.29, 0.717) is 16.1 Å². The second-order valence-electron chi connectivity index (χ2n) is 3.71. The predicted octanol–water partition coefficient (Wildman–Crippen LogP) is 4.08. The first kappa shape index (κ1) is 12.6. The fourth-order valence-corrected chi connectivity index (χ4v) is 2.28. The summed E-state index contributed by atoms with van der Waals surface area (Å²) in [5.74, 6) is -0.288. The molecule has 0 aliphatic carbocycles. The number of halogens is 3. The van der Waals surface area contributed by atoms with E-state index >= 15 is 0 Å². The molecule has 2 N–H and O–H groups in total. The number of hydrogen-bond acceptors (Lipinski definition) is 2. The molecule has 0 aliphatic heterocycles. The summed E-state index contributed by atoms with van der Waals surface area (Å²) in [5.41, 5.74) is 7.70. The van der Waals surface area contributed by atoms with Gasteiger partial charge in [0.2, 0.25) is 0 Å². The zero-order chi connectivity index (χ0) is 12.4. The average molecular weight is 319 g/mol. The molecule has 1 atom stereocenters. The normalized spacial score (nSPS) is 12.7. The fourth-order valence-electron chi connectivity index (χ4n) is 1.60. The molecule has 0 radical (unpaired) electrons. The van der Waals surface area contributed by atoms with Gasteiger partial charge in [0.15, 0.2) is 5.22 Å². The molecule has 1 heterocycles. The van der Waals surface area contributed by atoms with E-state index in [1.165, 1.54) is 12.3 Å². The molecule has 1 aromatic heterocycles. The zero-order valence-corrected chi connectivity index (χ0v) is 11.1. The van der Waals surface area contributed by atoms with Crippen LogP contribution in [0, 0.1) is 5.82 Å². The van der Waals surface area contributed by atoms with E-state index in [2.05, 4.69) is 15.9 Å². The van der Waals surface area contributed by atoms with E-state index < -0.39 is 0 Å². The molecular weight excluding hydrogens is 308 g/mol. The summed E-state index contributed by atoms with van der Waals surface area (Å²) >= 11 is 8.98. The molecule has 2 rings (SSSR count). The van der Waals surface area contributed by atoms with Gasteiger partial charge in [-0.15, -0.1) is 0 Å². The van der Waals surface area contributed by atoms with Gasteiger partial charge >= 0.3 is 0 Å². The van der Waals surface area contributed by atoms with Crippen LogP contribution in [0.1, 0.15) is 17.2 Å². The van der Waals surface area contributed by atoms with Crippen molar-refractivity contribution in [2.45, 2.75) is 12.5 Å². The summed E-state index contributed by atoms with van der Waals surface area (Å²) in [6.45, 7) is 0. The molecule has 0 spiro atoms. The Kier molecular flexibility index (Phi) is 3.86. The molecule has 0 fully saturated rings. The number of rotatable bonds is 3. The lowest BCUT2D eigenvalue weighted by Crippen LogP contribution is -2.13. The van der Waals surface area contributed by atoms with Crippen molar-refractivity contribution in [1.82, 2.24) is 0 Å². The van der Waals surface area contributed by atoms with Crippen molar-refractivity contribution in [2.75, 3.05) is 0 Å². The summed E-state index contributed by atoms with van der Waals surface area (Å²) in [4.78, 5) is 0. The van der Waals surface area contributed by atoms with Crippen molar-refractivity contribution >= 4 is 27.5 Å². The molecule has 17 heavy (non-hydrogen) atoms. The quantitative estimate of drug-likeness (QED) is 0.926. The minimum atomic E-state index is -0.288. The van der Waals surface area contributed by atoms with Gasteiger partial charge in [-0.3, -0.25) is 0 Å². The maximum atomic E-state index is 13.1. The van der Waals surface area contributed by atoms with Crippen LogP contribution in [0.4, 0.5) is 4.39 Å². The first-order valence-corrected chi connectivity index (χ1v) is 6.17. The van der Waals surface area contributed by atoms with E-state index in [1.807, 2.05) is 0 Å². The largest absolute Gasteiger partial charge is 0.453 e. The SMILES string of the molecule is NC(Cc1ccc(F)c(Br)c1)c1ccoc1Cl. The molecule has 0 saturated heterocycles. The third-order valence-corrected chi connectivity index (χ3v) is 3.40. The Morgan fingerprint density at radius 2 is 2.18 bits per heavy atom. The van der Waals surface area contributed by atoms with Crippen molar-refractivity contribution in [2.24, 2.45) is 5.73 Å². The Morgan fingerprint density at radius 1 is 1.41 bits per heavy atom. The summed E-state index contributed by atoms with van der Waals surface area (Å²) in [5, 5.41) is 0.304. The maximum Gasteiger partial charge on any atom is 0.197 e. The third kappa shape index (κ3) is 2.89. The highest BCUT2D eigenvalue weighted by Gasteiger charge is 2.13. The van der Waals surface area contributed by atoms with E-state index in [1.54, 1.807) is 18.2 Å². The van der Waals surface area contributed by atoms with Crippen molar-refractivity contribution in [1.29, 1.82) is 0 Å². The highest BCUT2D eigenvalue weighted by atomic mass is 79.9. The smallest absolute Gasteiger partial charge is 0.197 e. The molecule has 0 saturated carbocycles. The minimum absolute atomic E-state index is 0.265. The van der Waals surface area contributed by atoms with Gasteiger partial charge < -0.3 is 10.2 Å². The molecule has 0 bridgehead atoms. The second-order valence-corrected chi connectivity index (χ2v) is 4.91. The summed E-state index contributed by atoms with van der Waals surface area (Å²) < 4.78 is 18.5. The lowest BCUT2D eigenvalue weighted by molar-refractivity contribution is 0.560. The minimum Gasteiger partial charge on any atom is -0.453 e. The number of hydrogen-bond donors (Lipinski definition) is 1. The summed E-state index contributed by atoms with van der Waals surface area (Å²) in [7, 11) is 0. The first-order chi connectivity index (χ1) is 8.08. The monoisotopic (exact) mass is 317 g/mol. The molecule has 5 heteroatoms. The highest BCUT2D eigenvalue weighted by Crippen LogP contribution is 2.26. The molecule has 1 aromatic carbocycles. The van der Waals surface area contributed by atoms with Crippen molar-refractivity contribution in [3.63, 3.8) is 0 Å². The molecule has 2 nitrogen and oxygen atoms in total. The molecular formula is C12H10BrClFNO. The predicted molar refractivity (Wildman–Crippen MR) is 68.5 cm³/mol.